The molecule has 0 bridgehead atoms. The lowest BCUT2D eigenvalue weighted by atomic mass is 10.1. The van der Waals surface area contributed by atoms with Gasteiger partial charge in [0.2, 0.25) is 0 Å². The van der Waals surface area contributed by atoms with Gasteiger partial charge < -0.3 is 4.90 Å². The van der Waals surface area contributed by atoms with Crippen molar-refractivity contribution < 1.29 is 4.79 Å². The Hall–Kier alpha value is -1.61. The third-order valence-electron chi connectivity index (χ3n) is 4.04. The van der Waals surface area contributed by atoms with Crippen molar-refractivity contribution in [2.24, 2.45) is 0 Å². The van der Waals surface area contributed by atoms with Crippen LogP contribution in [0.3, 0.4) is 0 Å². The Morgan fingerprint density at radius 1 is 1.24 bits per heavy atom. The van der Waals surface area contributed by atoms with Crippen LogP contribution in [0.15, 0.2) is 41.8 Å². The molecule has 2 nitrogen and oxygen atoms in total. The average molecular weight is 299 g/mol. The minimum atomic E-state index is 0.191. The Balaban J connectivity index is 1.68. The van der Waals surface area contributed by atoms with E-state index in [9.17, 15) is 4.79 Å². The van der Waals surface area contributed by atoms with Crippen LogP contribution >= 0.6 is 11.3 Å². The summed E-state index contributed by atoms with van der Waals surface area (Å²) in [6.07, 6.45) is 4.29. The predicted octanol–water partition coefficient (Wildman–Crippen LogP) is 4.16. The monoisotopic (exact) mass is 299 g/mol. The molecule has 1 fully saturated rings. The molecule has 1 aromatic carbocycles. The molecule has 2 aromatic rings. The summed E-state index contributed by atoms with van der Waals surface area (Å²) in [7, 11) is 0. The van der Waals surface area contributed by atoms with Crippen LogP contribution in [-0.4, -0.2) is 23.4 Å². The van der Waals surface area contributed by atoms with Crippen molar-refractivity contribution in [2.45, 2.75) is 38.6 Å². The van der Waals surface area contributed by atoms with Crippen LogP contribution < -0.4 is 0 Å². The Kier molecular flexibility index (Phi) is 4.39. The molecule has 1 heterocycles. The number of thiophene rings is 1. The summed E-state index contributed by atoms with van der Waals surface area (Å²) in [6, 6.07) is 12.8. The number of carbonyl (C=O) groups is 1. The molecule has 1 aromatic heterocycles. The van der Waals surface area contributed by atoms with Crippen LogP contribution in [0.5, 0.6) is 0 Å². The molecule has 0 spiro atoms. The number of aryl methyl sites for hydroxylation is 1. The van der Waals surface area contributed by atoms with E-state index in [4.69, 9.17) is 0 Å². The third-order valence-corrected chi connectivity index (χ3v) is 4.97. The summed E-state index contributed by atoms with van der Waals surface area (Å²) in [5, 5.41) is 2.10. The molecule has 0 radical (unpaired) electrons. The number of carbonyl (C=O) groups excluding carboxylic acids is 1. The van der Waals surface area contributed by atoms with E-state index in [1.807, 2.05) is 12.1 Å². The zero-order valence-corrected chi connectivity index (χ0v) is 13.2. The van der Waals surface area contributed by atoms with Gasteiger partial charge >= 0.3 is 0 Å². The fourth-order valence-corrected chi connectivity index (χ4v) is 3.27. The average Bonchev–Trinajstić information content (AvgIpc) is 3.22. The maximum atomic E-state index is 12.7. The van der Waals surface area contributed by atoms with Gasteiger partial charge in [-0.2, -0.15) is 0 Å². The number of hydrogen-bond donors (Lipinski definition) is 0. The second-order valence-corrected chi connectivity index (χ2v) is 6.64. The number of benzene rings is 1. The molecule has 0 N–H and O–H groups in total. The lowest BCUT2D eigenvalue weighted by molar-refractivity contribution is 0.0745. The molecule has 3 rings (SSSR count). The van der Waals surface area contributed by atoms with Gasteiger partial charge in [0, 0.05) is 23.0 Å². The van der Waals surface area contributed by atoms with E-state index in [-0.39, 0.29) is 5.91 Å². The van der Waals surface area contributed by atoms with E-state index < -0.39 is 0 Å². The molecule has 1 saturated carbocycles. The molecule has 1 aliphatic rings. The van der Waals surface area contributed by atoms with Gasteiger partial charge in [-0.1, -0.05) is 25.1 Å². The number of amides is 1. The second-order valence-electron chi connectivity index (χ2n) is 5.61. The summed E-state index contributed by atoms with van der Waals surface area (Å²) in [4.78, 5) is 16.1. The van der Waals surface area contributed by atoms with Crippen molar-refractivity contribution in [2.75, 3.05) is 6.54 Å². The Morgan fingerprint density at radius 2 is 2.00 bits per heavy atom. The van der Waals surface area contributed by atoms with Crippen LogP contribution in [0.2, 0.25) is 0 Å². The van der Waals surface area contributed by atoms with E-state index in [1.165, 1.54) is 10.4 Å². The van der Waals surface area contributed by atoms with Crippen LogP contribution in [0, 0.1) is 0 Å². The molecular formula is C18H21NOS. The summed E-state index contributed by atoms with van der Waals surface area (Å²) in [5.74, 6) is 0.191. The van der Waals surface area contributed by atoms with Crippen molar-refractivity contribution in [3.8, 4) is 0 Å². The van der Waals surface area contributed by atoms with Crippen molar-refractivity contribution in [3.63, 3.8) is 0 Å². The van der Waals surface area contributed by atoms with Crippen LogP contribution in [0.1, 0.15) is 40.6 Å². The summed E-state index contributed by atoms with van der Waals surface area (Å²) in [5.41, 5.74) is 2.10. The smallest absolute Gasteiger partial charge is 0.254 e. The highest BCUT2D eigenvalue weighted by atomic mass is 32.1. The van der Waals surface area contributed by atoms with Gasteiger partial charge in [0.1, 0.15) is 0 Å². The van der Waals surface area contributed by atoms with Crippen molar-refractivity contribution in [1.82, 2.24) is 4.90 Å². The molecule has 3 heteroatoms. The zero-order valence-electron chi connectivity index (χ0n) is 12.4. The standard InChI is InChI=1S/C18H21NOS/c1-2-14-5-7-15(8-6-14)18(20)19(16-9-10-16)12-11-17-4-3-13-21-17/h3-8,13,16H,2,9-12H2,1H3. The largest absolute Gasteiger partial charge is 0.335 e. The van der Waals surface area contributed by atoms with Crippen molar-refractivity contribution in [3.05, 3.63) is 57.8 Å². The molecular weight excluding hydrogens is 278 g/mol. The zero-order chi connectivity index (χ0) is 14.7. The molecule has 1 aliphatic carbocycles. The SMILES string of the molecule is CCc1ccc(C(=O)N(CCc2cccs2)C2CC2)cc1. The van der Waals surface area contributed by atoms with Gasteiger partial charge in [-0.05, 0) is 54.8 Å². The first-order valence-electron chi connectivity index (χ1n) is 7.70. The summed E-state index contributed by atoms with van der Waals surface area (Å²) in [6.45, 7) is 2.97. The van der Waals surface area contributed by atoms with E-state index >= 15 is 0 Å². The lowest BCUT2D eigenvalue weighted by Gasteiger charge is -2.22. The summed E-state index contributed by atoms with van der Waals surface area (Å²) >= 11 is 1.77. The van der Waals surface area contributed by atoms with Crippen molar-refractivity contribution in [1.29, 1.82) is 0 Å². The number of hydrogen-bond acceptors (Lipinski definition) is 2. The molecule has 110 valence electrons. The molecule has 0 aliphatic heterocycles. The van der Waals surface area contributed by atoms with Gasteiger partial charge in [-0.15, -0.1) is 11.3 Å². The minimum absolute atomic E-state index is 0.191. The fraction of sp³-hybridized carbons (Fsp3) is 0.389. The number of nitrogens with zero attached hydrogens (tertiary/aromatic N) is 1. The second kappa shape index (κ2) is 6.44. The normalized spacial score (nSPS) is 14.1. The molecule has 0 atom stereocenters. The topological polar surface area (TPSA) is 20.3 Å². The Labute approximate surface area is 130 Å². The van der Waals surface area contributed by atoms with Gasteiger partial charge in [0.15, 0.2) is 0 Å². The molecule has 0 unspecified atom stereocenters. The molecule has 1 amide bonds. The van der Waals surface area contributed by atoms with E-state index in [0.29, 0.717) is 6.04 Å². The van der Waals surface area contributed by atoms with Gasteiger partial charge in [-0.25, -0.2) is 0 Å². The van der Waals surface area contributed by atoms with Crippen LogP contribution in [0.4, 0.5) is 0 Å². The highest BCUT2D eigenvalue weighted by Gasteiger charge is 2.32. The van der Waals surface area contributed by atoms with E-state index in [0.717, 1.165) is 37.8 Å². The maximum absolute atomic E-state index is 12.7. The quantitative estimate of drug-likeness (QED) is 0.784. The number of rotatable bonds is 6. The van der Waals surface area contributed by atoms with E-state index in [2.05, 4.69) is 41.5 Å². The minimum Gasteiger partial charge on any atom is -0.335 e. The van der Waals surface area contributed by atoms with E-state index in [1.54, 1.807) is 11.3 Å². The first kappa shape index (κ1) is 14.3. The highest BCUT2D eigenvalue weighted by molar-refractivity contribution is 7.09. The Morgan fingerprint density at radius 3 is 2.57 bits per heavy atom. The Bertz CT molecular complexity index is 584. The first-order valence-corrected chi connectivity index (χ1v) is 8.58. The molecule has 0 saturated heterocycles. The summed E-state index contributed by atoms with van der Waals surface area (Å²) < 4.78 is 0. The van der Waals surface area contributed by atoms with Crippen molar-refractivity contribution >= 4 is 17.2 Å². The predicted molar refractivity (Wildman–Crippen MR) is 87.9 cm³/mol. The molecule has 21 heavy (non-hydrogen) atoms. The highest BCUT2D eigenvalue weighted by Crippen LogP contribution is 2.29. The first-order chi connectivity index (χ1) is 10.3. The van der Waals surface area contributed by atoms with Crippen LogP contribution in [0.25, 0.3) is 0 Å². The lowest BCUT2D eigenvalue weighted by Crippen LogP contribution is -2.34. The van der Waals surface area contributed by atoms with Gasteiger partial charge in [0.05, 0.1) is 0 Å². The fourth-order valence-electron chi connectivity index (χ4n) is 2.57. The third kappa shape index (κ3) is 3.53. The van der Waals surface area contributed by atoms with Crippen LogP contribution in [-0.2, 0) is 12.8 Å². The maximum Gasteiger partial charge on any atom is 0.254 e. The van der Waals surface area contributed by atoms with Gasteiger partial charge in [-0.3, -0.25) is 4.79 Å². The van der Waals surface area contributed by atoms with Gasteiger partial charge in [0.25, 0.3) is 5.91 Å².